The van der Waals surface area contributed by atoms with Crippen molar-refractivity contribution in [1.82, 2.24) is 25.0 Å². The van der Waals surface area contributed by atoms with Crippen LogP contribution in [0.5, 0.6) is 0 Å². The van der Waals surface area contributed by atoms with Gasteiger partial charge in [0.25, 0.3) is 0 Å². The van der Waals surface area contributed by atoms with E-state index in [1.54, 1.807) is 16.8 Å². The lowest BCUT2D eigenvalue weighted by molar-refractivity contribution is 0.475. The fourth-order valence-electron chi connectivity index (χ4n) is 2.02. The summed E-state index contributed by atoms with van der Waals surface area (Å²) in [4.78, 5) is 10.7. The van der Waals surface area contributed by atoms with Crippen LogP contribution in [0.1, 0.15) is 18.3 Å². The minimum absolute atomic E-state index is 0.228. The molecular weight excluding hydrogens is 283 g/mol. The monoisotopic (exact) mass is 304 g/mol. The molecule has 0 bridgehead atoms. The van der Waals surface area contributed by atoms with E-state index in [4.69, 9.17) is 0 Å². The largest absolute Gasteiger partial charge is 0.357 e. The van der Waals surface area contributed by atoms with Crippen LogP contribution in [0.4, 0.5) is 4.39 Å². The van der Waals surface area contributed by atoms with Crippen molar-refractivity contribution in [3.63, 3.8) is 0 Å². The molecule has 0 unspecified atom stereocenters. The van der Waals surface area contributed by atoms with Crippen LogP contribution in [0.25, 0.3) is 0 Å². The van der Waals surface area contributed by atoms with E-state index in [0.29, 0.717) is 13.1 Å². The van der Waals surface area contributed by atoms with Crippen molar-refractivity contribution in [3.05, 3.63) is 47.8 Å². The molecule has 1 aromatic carbocycles. The van der Waals surface area contributed by atoms with Gasteiger partial charge in [-0.05, 0) is 24.6 Å². The molecule has 0 amide bonds. The van der Waals surface area contributed by atoms with Gasteiger partial charge in [-0.3, -0.25) is 4.68 Å². The van der Waals surface area contributed by atoms with E-state index in [1.165, 1.54) is 18.5 Å². The number of nitrogens with one attached hydrogen (secondary N) is 1. The van der Waals surface area contributed by atoms with Crippen molar-refractivity contribution in [1.29, 1.82) is 0 Å². The maximum atomic E-state index is 13.0. The van der Waals surface area contributed by atoms with E-state index < -0.39 is 0 Å². The summed E-state index contributed by atoms with van der Waals surface area (Å²) in [6.07, 6.45) is 1.51. The Hall–Kier alpha value is -2.44. The van der Waals surface area contributed by atoms with Gasteiger partial charge in [0.05, 0.1) is 0 Å². The van der Waals surface area contributed by atoms with Crippen LogP contribution >= 0.6 is 0 Å². The number of hydrogen-bond acceptors (Lipinski definition) is 3. The molecule has 1 aromatic heterocycles. The van der Waals surface area contributed by atoms with Gasteiger partial charge in [0.15, 0.2) is 5.96 Å². The second kappa shape index (κ2) is 7.53. The summed E-state index contributed by atoms with van der Waals surface area (Å²) < 4.78 is 14.7. The summed E-state index contributed by atoms with van der Waals surface area (Å²) in [5.74, 6) is 1.34. The Morgan fingerprint density at radius 1 is 1.36 bits per heavy atom. The number of nitrogens with zero attached hydrogens (tertiary/aromatic N) is 5. The lowest BCUT2D eigenvalue weighted by atomic mass is 10.2. The van der Waals surface area contributed by atoms with Crippen molar-refractivity contribution in [2.24, 2.45) is 12.0 Å². The molecule has 0 radical (unpaired) electrons. The molecule has 0 saturated heterocycles. The minimum atomic E-state index is -0.228. The van der Waals surface area contributed by atoms with Crippen molar-refractivity contribution in [3.8, 4) is 0 Å². The van der Waals surface area contributed by atoms with E-state index in [2.05, 4.69) is 20.4 Å². The Kier molecular flexibility index (Phi) is 5.46. The van der Waals surface area contributed by atoms with Crippen LogP contribution < -0.4 is 5.32 Å². The fraction of sp³-hybridized carbons (Fsp3) is 0.400. The van der Waals surface area contributed by atoms with E-state index >= 15 is 0 Å². The third-order valence-electron chi connectivity index (χ3n) is 3.20. The number of aromatic nitrogens is 3. The predicted molar refractivity (Wildman–Crippen MR) is 83.7 cm³/mol. The zero-order valence-corrected chi connectivity index (χ0v) is 13.1. The molecule has 0 aliphatic carbocycles. The number of benzene rings is 1. The van der Waals surface area contributed by atoms with Gasteiger partial charge in [-0.2, -0.15) is 5.10 Å². The summed E-state index contributed by atoms with van der Waals surface area (Å²) in [5.41, 5.74) is 1.02. The molecule has 7 heteroatoms. The molecule has 0 atom stereocenters. The van der Waals surface area contributed by atoms with E-state index in [1.807, 2.05) is 25.9 Å². The molecule has 0 aliphatic rings. The molecule has 22 heavy (non-hydrogen) atoms. The van der Waals surface area contributed by atoms with Crippen molar-refractivity contribution in [2.45, 2.75) is 20.0 Å². The molecule has 1 N–H and O–H groups in total. The van der Waals surface area contributed by atoms with E-state index in [9.17, 15) is 4.39 Å². The fourth-order valence-corrected chi connectivity index (χ4v) is 2.02. The van der Waals surface area contributed by atoms with Gasteiger partial charge in [-0.15, -0.1) is 0 Å². The molecule has 118 valence electrons. The maximum Gasteiger partial charge on any atom is 0.194 e. The van der Waals surface area contributed by atoms with Gasteiger partial charge in [-0.1, -0.05) is 12.1 Å². The molecule has 6 nitrogen and oxygen atoms in total. The Morgan fingerprint density at radius 2 is 2.09 bits per heavy atom. The van der Waals surface area contributed by atoms with Gasteiger partial charge in [0.1, 0.15) is 24.5 Å². The molecule has 0 fully saturated rings. The Labute approximate surface area is 129 Å². The zero-order valence-electron chi connectivity index (χ0n) is 13.1. The first-order valence-corrected chi connectivity index (χ1v) is 7.17. The second-order valence-corrected chi connectivity index (χ2v) is 4.95. The van der Waals surface area contributed by atoms with Crippen LogP contribution in [0, 0.1) is 5.82 Å². The third-order valence-corrected chi connectivity index (χ3v) is 3.20. The van der Waals surface area contributed by atoms with E-state index in [0.717, 1.165) is 23.9 Å². The normalized spacial score (nSPS) is 11.5. The summed E-state index contributed by atoms with van der Waals surface area (Å²) in [5, 5.41) is 7.27. The van der Waals surface area contributed by atoms with Crippen molar-refractivity contribution >= 4 is 5.96 Å². The zero-order chi connectivity index (χ0) is 15.9. The van der Waals surface area contributed by atoms with Gasteiger partial charge >= 0.3 is 0 Å². The Bertz CT molecular complexity index is 619. The Balaban J connectivity index is 2.05. The summed E-state index contributed by atoms with van der Waals surface area (Å²) >= 11 is 0. The molecule has 0 aliphatic heterocycles. The highest BCUT2D eigenvalue weighted by molar-refractivity contribution is 5.79. The molecule has 1 heterocycles. The number of aliphatic imine (C=N–C) groups is 1. The number of halogens is 1. The van der Waals surface area contributed by atoms with Crippen LogP contribution in [-0.4, -0.2) is 39.2 Å². The van der Waals surface area contributed by atoms with Crippen LogP contribution in [0.2, 0.25) is 0 Å². The predicted octanol–water partition coefficient (Wildman–Crippen LogP) is 1.55. The van der Waals surface area contributed by atoms with Gasteiger partial charge in [-0.25, -0.2) is 14.4 Å². The topological polar surface area (TPSA) is 58.3 Å². The smallest absolute Gasteiger partial charge is 0.194 e. The first-order chi connectivity index (χ1) is 10.6. The second-order valence-electron chi connectivity index (χ2n) is 4.95. The third kappa shape index (κ3) is 4.28. The lowest BCUT2D eigenvalue weighted by Crippen LogP contribution is -2.38. The van der Waals surface area contributed by atoms with Crippen LogP contribution in [-0.2, 0) is 20.1 Å². The van der Waals surface area contributed by atoms with Gasteiger partial charge in [0.2, 0.25) is 0 Å². The number of rotatable bonds is 5. The van der Waals surface area contributed by atoms with Crippen LogP contribution in [0.3, 0.4) is 0 Å². The molecule has 0 spiro atoms. The quantitative estimate of drug-likeness (QED) is 0.672. The average molecular weight is 304 g/mol. The number of hydrogen-bond donors (Lipinski definition) is 1. The molecular formula is C15H21FN6. The standard InChI is InChI=1S/C15H21FN6/c1-4-17-15(18-9-14-19-11-20-22(14)3)21(2)10-12-5-7-13(16)8-6-12/h5-8,11H,4,9-10H2,1-3H3,(H,17,18). The lowest BCUT2D eigenvalue weighted by Gasteiger charge is -2.22. The first kappa shape index (κ1) is 15.9. The van der Waals surface area contributed by atoms with Gasteiger partial charge < -0.3 is 10.2 Å². The number of guanidine groups is 1. The average Bonchev–Trinajstić information content (AvgIpc) is 2.91. The van der Waals surface area contributed by atoms with Crippen molar-refractivity contribution < 1.29 is 4.39 Å². The van der Waals surface area contributed by atoms with E-state index in [-0.39, 0.29) is 5.82 Å². The molecule has 2 aromatic rings. The summed E-state index contributed by atoms with van der Waals surface area (Å²) in [6, 6.07) is 6.48. The molecule has 0 saturated carbocycles. The summed E-state index contributed by atoms with van der Waals surface area (Å²) in [6.45, 7) is 3.88. The summed E-state index contributed by atoms with van der Waals surface area (Å²) in [7, 11) is 3.79. The minimum Gasteiger partial charge on any atom is -0.357 e. The van der Waals surface area contributed by atoms with Crippen molar-refractivity contribution in [2.75, 3.05) is 13.6 Å². The SMILES string of the molecule is CCNC(=NCc1ncnn1C)N(C)Cc1ccc(F)cc1. The first-order valence-electron chi connectivity index (χ1n) is 7.17. The Morgan fingerprint density at radius 3 is 2.68 bits per heavy atom. The molecule has 2 rings (SSSR count). The highest BCUT2D eigenvalue weighted by Crippen LogP contribution is 2.06. The van der Waals surface area contributed by atoms with Crippen LogP contribution in [0.15, 0.2) is 35.6 Å². The maximum absolute atomic E-state index is 13.0. The number of aryl methyl sites for hydroxylation is 1. The van der Waals surface area contributed by atoms with Gasteiger partial charge in [0, 0.05) is 27.2 Å². The highest BCUT2D eigenvalue weighted by atomic mass is 19.1. The highest BCUT2D eigenvalue weighted by Gasteiger charge is 2.08.